The number of hydrogen-bond acceptors (Lipinski definition) is 1. The maximum atomic E-state index is 5.96. The van der Waals surface area contributed by atoms with Crippen molar-refractivity contribution in [2.45, 2.75) is 45.6 Å². The lowest BCUT2D eigenvalue weighted by Gasteiger charge is -2.31. The number of hydrogen-bond donors (Lipinski definition) is 1. The Hall–Kier alpha value is -0.690. The van der Waals surface area contributed by atoms with Crippen LogP contribution < -0.4 is 5.32 Å². The summed E-state index contributed by atoms with van der Waals surface area (Å²) in [5.74, 6) is 0.781. The Balaban J connectivity index is 2.07. The van der Waals surface area contributed by atoms with Crippen LogP contribution in [0.15, 0.2) is 18.2 Å². The maximum absolute atomic E-state index is 5.96. The summed E-state index contributed by atoms with van der Waals surface area (Å²) >= 11 is 5.96. The van der Waals surface area contributed by atoms with Gasteiger partial charge in [0.1, 0.15) is 0 Å². The zero-order valence-corrected chi connectivity index (χ0v) is 10.8. The van der Waals surface area contributed by atoms with Crippen molar-refractivity contribution >= 4 is 17.3 Å². The Labute approximate surface area is 103 Å². The van der Waals surface area contributed by atoms with Gasteiger partial charge in [0.05, 0.1) is 0 Å². The highest BCUT2D eigenvalue weighted by Gasteiger charge is 2.21. The molecule has 1 N–H and O–H groups in total. The van der Waals surface area contributed by atoms with Crippen molar-refractivity contribution in [1.29, 1.82) is 0 Å². The van der Waals surface area contributed by atoms with E-state index in [2.05, 4.69) is 25.2 Å². The van der Waals surface area contributed by atoms with Crippen LogP contribution in [0.1, 0.15) is 38.2 Å². The van der Waals surface area contributed by atoms with Crippen molar-refractivity contribution in [2.75, 3.05) is 5.32 Å². The predicted octanol–water partition coefficient (Wildman–Crippen LogP) is 4.64. The van der Waals surface area contributed by atoms with E-state index in [0.717, 1.165) is 10.9 Å². The van der Waals surface area contributed by atoms with E-state index in [-0.39, 0.29) is 0 Å². The Morgan fingerprint density at radius 2 is 2.00 bits per heavy atom. The molecule has 0 aliphatic heterocycles. The fourth-order valence-electron chi connectivity index (χ4n) is 2.52. The van der Waals surface area contributed by atoms with Crippen LogP contribution in [-0.4, -0.2) is 6.04 Å². The fraction of sp³-hybridized carbons (Fsp3) is 0.571. The van der Waals surface area contributed by atoms with E-state index in [1.807, 2.05) is 12.1 Å². The van der Waals surface area contributed by atoms with Gasteiger partial charge >= 0.3 is 0 Å². The quantitative estimate of drug-likeness (QED) is 0.790. The molecule has 2 heteroatoms. The molecule has 1 nitrogen and oxygen atoms in total. The number of rotatable bonds is 2. The molecule has 2 unspecified atom stereocenters. The second-order valence-electron chi connectivity index (χ2n) is 4.97. The van der Waals surface area contributed by atoms with E-state index in [0.29, 0.717) is 6.04 Å². The lowest BCUT2D eigenvalue weighted by atomic mass is 9.85. The molecule has 88 valence electrons. The van der Waals surface area contributed by atoms with Crippen LogP contribution >= 0.6 is 11.6 Å². The molecule has 1 aliphatic rings. The topological polar surface area (TPSA) is 12.0 Å². The monoisotopic (exact) mass is 237 g/mol. The van der Waals surface area contributed by atoms with Crippen LogP contribution in [0.3, 0.4) is 0 Å². The summed E-state index contributed by atoms with van der Waals surface area (Å²) in [4.78, 5) is 0. The number of anilines is 1. The fourth-order valence-corrected chi connectivity index (χ4v) is 2.75. The standard InChI is InChI=1S/C14H20ClN/c1-10-5-3-4-6-13(10)16-14-8-7-12(15)9-11(14)2/h7-10,13,16H,3-6H2,1-2H3. The smallest absolute Gasteiger partial charge is 0.0410 e. The lowest BCUT2D eigenvalue weighted by molar-refractivity contribution is 0.349. The van der Waals surface area contributed by atoms with Gasteiger partial charge in [-0.3, -0.25) is 0 Å². The first kappa shape index (κ1) is 11.8. The van der Waals surface area contributed by atoms with Gasteiger partial charge in [0.25, 0.3) is 0 Å². The van der Waals surface area contributed by atoms with E-state index < -0.39 is 0 Å². The summed E-state index contributed by atoms with van der Waals surface area (Å²) in [5.41, 5.74) is 2.48. The summed E-state index contributed by atoms with van der Waals surface area (Å²) < 4.78 is 0. The predicted molar refractivity (Wildman–Crippen MR) is 71.2 cm³/mol. The minimum atomic E-state index is 0.633. The first-order valence-electron chi connectivity index (χ1n) is 6.19. The van der Waals surface area contributed by atoms with Crippen molar-refractivity contribution < 1.29 is 0 Å². The SMILES string of the molecule is Cc1cc(Cl)ccc1NC1CCCCC1C. The van der Waals surface area contributed by atoms with Gasteiger partial charge in [-0.05, 0) is 49.4 Å². The van der Waals surface area contributed by atoms with Gasteiger partial charge in [-0.25, -0.2) is 0 Å². The summed E-state index contributed by atoms with van der Waals surface area (Å²) in [6, 6.07) is 6.72. The molecule has 0 radical (unpaired) electrons. The minimum Gasteiger partial charge on any atom is -0.382 e. The highest BCUT2D eigenvalue weighted by molar-refractivity contribution is 6.30. The Bertz CT molecular complexity index is 362. The van der Waals surface area contributed by atoms with Gasteiger partial charge in [0.2, 0.25) is 0 Å². The van der Waals surface area contributed by atoms with Crippen LogP contribution in [0.2, 0.25) is 5.02 Å². The molecule has 0 amide bonds. The highest BCUT2D eigenvalue weighted by atomic mass is 35.5. The minimum absolute atomic E-state index is 0.633. The lowest BCUT2D eigenvalue weighted by Crippen LogP contribution is -2.30. The zero-order chi connectivity index (χ0) is 11.5. The molecular weight excluding hydrogens is 218 g/mol. The normalized spacial score (nSPS) is 25.4. The van der Waals surface area contributed by atoms with Gasteiger partial charge in [0, 0.05) is 16.8 Å². The van der Waals surface area contributed by atoms with Crippen molar-refractivity contribution in [3.63, 3.8) is 0 Å². The molecule has 0 spiro atoms. The van der Waals surface area contributed by atoms with Crippen LogP contribution in [0.25, 0.3) is 0 Å². The summed E-state index contributed by atoms with van der Waals surface area (Å²) in [6.07, 6.45) is 5.39. The molecule has 0 saturated heterocycles. The van der Waals surface area contributed by atoms with Crippen molar-refractivity contribution in [1.82, 2.24) is 0 Å². The zero-order valence-electron chi connectivity index (χ0n) is 10.1. The first-order valence-corrected chi connectivity index (χ1v) is 6.57. The van der Waals surface area contributed by atoms with Crippen molar-refractivity contribution in [3.8, 4) is 0 Å². The summed E-state index contributed by atoms with van der Waals surface area (Å²) in [7, 11) is 0. The third-order valence-corrected chi connectivity index (χ3v) is 3.88. The van der Waals surface area contributed by atoms with Crippen LogP contribution in [0.4, 0.5) is 5.69 Å². The molecule has 1 aromatic carbocycles. The van der Waals surface area contributed by atoms with E-state index in [1.165, 1.54) is 36.9 Å². The Morgan fingerprint density at radius 3 is 2.69 bits per heavy atom. The van der Waals surface area contributed by atoms with Gasteiger partial charge in [-0.1, -0.05) is 31.4 Å². The molecule has 1 fully saturated rings. The highest BCUT2D eigenvalue weighted by Crippen LogP contribution is 2.28. The van der Waals surface area contributed by atoms with Gasteiger partial charge in [0.15, 0.2) is 0 Å². The van der Waals surface area contributed by atoms with Crippen LogP contribution in [-0.2, 0) is 0 Å². The molecule has 1 saturated carbocycles. The van der Waals surface area contributed by atoms with Crippen LogP contribution in [0, 0.1) is 12.8 Å². The maximum Gasteiger partial charge on any atom is 0.0410 e. The molecule has 0 heterocycles. The number of aryl methyl sites for hydroxylation is 1. The van der Waals surface area contributed by atoms with Gasteiger partial charge in [-0.15, -0.1) is 0 Å². The number of nitrogens with one attached hydrogen (secondary N) is 1. The van der Waals surface area contributed by atoms with Gasteiger partial charge < -0.3 is 5.32 Å². The molecule has 16 heavy (non-hydrogen) atoms. The third-order valence-electron chi connectivity index (χ3n) is 3.64. The van der Waals surface area contributed by atoms with Crippen molar-refractivity contribution in [2.24, 2.45) is 5.92 Å². The first-order chi connectivity index (χ1) is 7.66. The average Bonchev–Trinajstić information content (AvgIpc) is 2.25. The molecule has 1 aliphatic carbocycles. The van der Waals surface area contributed by atoms with Crippen LogP contribution in [0.5, 0.6) is 0 Å². The average molecular weight is 238 g/mol. The molecular formula is C14H20ClN. The molecule has 2 atom stereocenters. The summed E-state index contributed by atoms with van der Waals surface area (Å²) in [6.45, 7) is 4.46. The Morgan fingerprint density at radius 1 is 1.25 bits per heavy atom. The molecule has 0 aromatic heterocycles. The van der Waals surface area contributed by atoms with Gasteiger partial charge in [-0.2, -0.15) is 0 Å². The molecule has 1 aromatic rings. The van der Waals surface area contributed by atoms with E-state index >= 15 is 0 Å². The second-order valence-corrected chi connectivity index (χ2v) is 5.41. The number of halogens is 1. The summed E-state index contributed by atoms with van der Waals surface area (Å²) in [5, 5.41) is 4.49. The van der Waals surface area contributed by atoms with Crippen molar-refractivity contribution in [3.05, 3.63) is 28.8 Å². The largest absolute Gasteiger partial charge is 0.382 e. The molecule has 2 rings (SSSR count). The molecule has 0 bridgehead atoms. The third kappa shape index (κ3) is 2.70. The Kier molecular flexibility index (Phi) is 3.75. The van der Waals surface area contributed by atoms with E-state index in [4.69, 9.17) is 11.6 Å². The second kappa shape index (κ2) is 5.09. The van der Waals surface area contributed by atoms with E-state index in [1.54, 1.807) is 0 Å². The number of benzene rings is 1. The van der Waals surface area contributed by atoms with E-state index in [9.17, 15) is 0 Å².